The van der Waals surface area contributed by atoms with Crippen LogP contribution in [0.4, 0.5) is 0 Å². The van der Waals surface area contributed by atoms with Crippen molar-refractivity contribution in [3.05, 3.63) is 60.7 Å². The summed E-state index contributed by atoms with van der Waals surface area (Å²) in [4.78, 5) is 0. The first-order valence-corrected chi connectivity index (χ1v) is 9.15. The van der Waals surface area contributed by atoms with Gasteiger partial charge in [0, 0.05) is 0 Å². The van der Waals surface area contributed by atoms with E-state index in [1.807, 2.05) is 0 Å². The second kappa shape index (κ2) is 6.18. The number of hydrogen-bond acceptors (Lipinski definition) is 1. The highest BCUT2D eigenvalue weighted by Crippen LogP contribution is 2.16. The highest BCUT2D eigenvalue weighted by molar-refractivity contribution is 7.00. The topological polar surface area (TPSA) is 3.24 Å². The van der Waals surface area contributed by atoms with E-state index in [1.54, 1.807) is 0 Å². The van der Waals surface area contributed by atoms with E-state index in [-0.39, 0.29) is 0 Å². The summed E-state index contributed by atoms with van der Waals surface area (Å²) in [6.45, 7) is 2.29. The van der Waals surface area contributed by atoms with Gasteiger partial charge in [0.2, 0.25) is 0 Å². The summed E-state index contributed by atoms with van der Waals surface area (Å²) >= 11 is 0. The van der Waals surface area contributed by atoms with Gasteiger partial charge in [0.15, 0.2) is 8.24 Å². The third-order valence-electron chi connectivity index (χ3n) is 3.88. The van der Waals surface area contributed by atoms with E-state index in [1.165, 1.54) is 22.8 Å². The van der Waals surface area contributed by atoms with E-state index < -0.39 is 8.24 Å². The fraction of sp³-hybridized carbons (Fsp3) is 0.294. The molecule has 0 radical (unpaired) electrons. The molecule has 0 unspecified atom stereocenters. The molecule has 0 atom stereocenters. The maximum atomic E-state index is 2.49. The lowest BCUT2D eigenvalue weighted by Crippen LogP contribution is -2.67. The van der Waals surface area contributed by atoms with Crippen molar-refractivity contribution in [2.75, 3.05) is 14.1 Å². The number of nitrogens with zero attached hydrogens (tertiary/aromatic N) is 1. The largest absolute Gasteiger partial charge is 0.322 e. The van der Waals surface area contributed by atoms with E-state index in [9.17, 15) is 0 Å². The molecule has 1 nitrogen and oxygen atoms in total. The van der Waals surface area contributed by atoms with E-state index in [0.29, 0.717) is 0 Å². The Morgan fingerprint density at radius 2 is 1.21 bits per heavy atom. The summed E-state index contributed by atoms with van der Waals surface area (Å²) in [5.74, 6) is 0. The Morgan fingerprint density at radius 1 is 0.789 bits per heavy atom. The van der Waals surface area contributed by atoms with Crippen LogP contribution >= 0.6 is 0 Å². The maximum absolute atomic E-state index is 2.49. The molecule has 0 spiro atoms. The molecular formula is C17H23NSi. The van der Waals surface area contributed by atoms with Crippen LogP contribution in [0.1, 0.15) is 13.3 Å². The molecule has 19 heavy (non-hydrogen) atoms. The monoisotopic (exact) mass is 269 g/mol. The average Bonchev–Trinajstić information content (AvgIpc) is 2.46. The van der Waals surface area contributed by atoms with Gasteiger partial charge in [-0.15, -0.1) is 0 Å². The first-order chi connectivity index (χ1) is 9.21. The molecule has 0 N–H and O–H groups in total. The second-order valence-electron chi connectivity index (χ2n) is 5.24. The molecule has 2 heteroatoms. The van der Waals surface area contributed by atoms with Gasteiger partial charge in [-0.3, -0.25) is 0 Å². The van der Waals surface area contributed by atoms with Gasteiger partial charge in [0.05, 0.1) is 0 Å². The highest BCUT2D eigenvalue weighted by atomic mass is 28.3. The summed E-state index contributed by atoms with van der Waals surface area (Å²) < 4.78 is 2.49. The minimum atomic E-state index is -1.79. The fourth-order valence-electron chi connectivity index (χ4n) is 2.98. The summed E-state index contributed by atoms with van der Waals surface area (Å²) in [5, 5.41) is 3.01. The van der Waals surface area contributed by atoms with Crippen molar-refractivity contribution in [3.63, 3.8) is 0 Å². The van der Waals surface area contributed by atoms with Gasteiger partial charge < -0.3 is 4.57 Å². The zero-order chi connectivity index (χ0) is 13.7. The van der Waals surface area contributed by atoms with Gasteiger partial charge >= 0.3 is 0 Å². The standard InChI is InChI=1S/C17H23NSi/c1-4-15-19(18(2)3,16-11-7-5-8-12-16)17-13-9-6-10-14-17/h5-14H,4,15H2,1-3H3. The van der Waals surface area contributed by atoms with Crippen LogP contribution in [0.5, 0.6) is 0 Å². The summed E-state index contributed by atoms with van der Waals surface area (Å²) in [7, 11) is 2.68. The molecule has 2 aromatic rings. The third-order valence-corrected chi connectivity index (χ3v) is 9.21. The predicted molar refractivity (Wildman–Crippen MR) is 86.7 cm³/mol. The van der Waals surface area contributed by atoms with Crippen LogP contribution in [0.15, 0.2) is 60.7 Å². The van der Waals surface area contributed by atoms with Gasteiger partial charge in [-0.25, -0.2) is 0 Å². The fourth-order valence-corrected chi connectivity index (χ4v) is 7.59. The van der Waals surface area contributed by atoms with Crippen molar-refractivity contribution in [1.82, 2.24) is 4.57 Å². The van der Waals surface area contributed by atoms with E-state index in [0.717, 1.165) is 0 Å². The van der Waals surface area contributed by atoms with Gasteiger partial charge in [-0.05, 0) is 30.5 Å². The molecule has 0 aliphatic carbocycles. The SMILES string of the molecule is CCC[Si](c1ccccc1)(c1ccccc1)N(C)C. The van der Waals surface area contributed by atoms with Crippen LogP contribution in [0, 0.1) is 0 Å². The first kappa shape index (κ1) is 14.0. The normalized spacial score (nSPS) is 11.8. The Hall–Kier alpha value is -1.38. The average molecular weight is 269 g/mol. The van der Waals surface area contributed by atoms with Crippen LogP contribution in [-0.4, -0.2) is 26.9 Å². The Bertz CT molecular complexity index is 454. The summed E-state index contributed by atoms with van der Waals surface area (Å²) in [5.41, 5.74) is 0. The van der Waals surface area contributed by atoms with E-state index in [4.69, 9.17) is 0 Å². The number of hydrogen-bond donors (Lipinski definition) is 0. The molecule has 0 saturated carbocycles. The Labute approximate surface area is 118 Å². The van der Waals surface area contributed by atoms with Crippen LogP contribution in [0.2, 0.25) is 6.04 Å². The van der Waals surface area contributed by atoms with Gasteiger partial charge in [-0.2, -0.15) is 0 Å². The second-order valence-corrected chi connectivity index (χ2v) is 9.51. The molecule has 0 heterocycles. The van der Waals surface area contributed by atoms with Gasteiger partial charge in [-0.1, -0.05) is 74.0 Å². The molecule has 0 aliphatic rings. The number of rotatable bonds is 5. The van der Waals surface area contributed by atoms with Crippen molar-refractivity contribution in [1.29, 1.82) is 0 Å². The molecule has 100 valence electrons. The third kappa shape index (κ3) is 2.65. The Morgan fingerprint density at radius 3 is 1.53 bits per heavy atom. The minimum Gasteiger partial charge on any atom is -0.322 e. The first-order valence-electron chi connectivity index (χ1n) is 7.00. The predicted octanol–water partition coefficient (Wildman–Crippen LogP) is 2.72. The molecule has 0 aromatic heterocycles. The van der Waals surface area contributed by atoms with Crippen molar-refractivity contribution < 1.29 is 0 Å². The van der Waals surface area contributed by atoms with Gasteiger partial charge in [0.1, 0.15) is 0 Å². The van der Waals surface area contributed by atoms with E-state index in [2.05, 4.69) is 86.2 Å². The van der Waals surface area contributed by atoms with Crippen LogP contribution < -0.4 is 10.4 Å². The maximum Gasteiger partial charge on any atom is 0.192 e. The molecule has 0 amide bonds. The minimum absolute atomic E-state index is 1.22. The lowest BCUT2D eigenvalue weighted by atomic mass is 10.4. The Kier molecular flexibility index (Phi) is 4.56. The molecule has 2 aromatic carbocycles. The van der Waals surface area contributed by atoms with Crippen LogP contribution in [0.25, 0.3) is 0 Å². The van der Waals surface area contributed by atoms with Crippen molar-refractivity contribution in [2.45, 2.75) is 19.4 Å². The van der Waals surface area contributed by atoms with Crippen LogP contribution in [0.3, 0.4) is 0 Å². The molecular weight excluding hydrogens is 246 g/mol. The number of benzene rings is 2. The van der Waals surface area contributed by atoms with Crippen molar-refractivity contribution in [3.8, 4) is 0 Å². The highest BCUT2D eigenvalue weighted by Gasteiger charge is 2.38. The molecule has 0 fully saturated rings. The summed E-state index contributed by atoms with van der Waals surface area (Å²) in [6.07, 6.45) is 1.22. The molecule has 0 saturated heterocycles. The van der Waals surface area contributed by atoms with Crippen molar-refractivity contribution >= 4 is 18.6 Å². The zero-order valence-electron chi connectivity index (χ0n) is 12.1. The lowest BCUT2D eigenvalue weighted by molar-refractivity contribution is 0.627. The summed E-state index contributed by atoms with van der Waals surface area (Å²) in [6, 6.07) is 23.3. The lowest BCUT2D eigenvalue weighted by Gasteiger charge is -2.38. The molecule has 0 aliphatic heterocycles. The molecule has 0 bridgehead atoms. The Balaban J connectivity index is 2.61. The van der Waals surface area contributed by atoms with E-state index >= 15 is 0 Å². The molecule has 2 rings (SSSR count). The van der Waals surface area contributed by atoms with Crippen molar-refractivity contribution in [2.24, 2.45) is 0 Å². The van der Waals surface area contributed by atoms with Gasteiger partial charge in [0.25, 0.3) is 0 Å². The van der Waals surface area contributed by atoms with Crippen LogP contribution in [-0.2, 0) is 0 Å². The zero-order valence-corrected chi connectivity index (χ0v) is 13.1. The smallest absolute Gasteiger partial charge is 0.192 e. The quantitative estimate of drug-likeness (QED) is 0.755.